The molecule has 0 unspecified atom stereocenters. The second kappa shape index (κ2) is 5.83. The van der Waals surface area contributed by atoms with E-state index in [0.717, 1.165) is 11.0 Å². The van der Waals surface area contributed by atoms with Crippen LogP contribution in [0.2, 0.25) is 0 Å². The zero-order valence-electron chi connectivity index (χ0n) is 10.5. The van der Waals surface area contributed by atoms with E-state index in [1.807, 2.05) is 0 Å². The SMILES string of the molecule is CC(=O)c1ccc(Sc2ccc(F)c(C(=O)O)c2)cn1. The molecule has 0 aliphatic rings. The average Bonchev–Trinajstić information content (AvgIpc) is 2.41. The van der Waals surface area contributed by atoms with Gasteiger partial charge in [-0.15, -0.1) is 0 Å². The van der Waals surface area contributed by atoms with Crippen LogP contribution in [0, 0.1) is 5.82 Å². The minimum atomic E-state index is -1.31. The number of pyridine rings is 1. The fourth-order valence-corrected chi connectivity index (χ4v) is 2.34. The van der Waals surface area contributed by atoms with Gasteiger partial charge in [0.2, 0.25) is 0 Å². The van der Waals surface area contributed by atoms with Crippen molar-refractivity contribution in [3.05, 3.63) is 53.6 Å². The largest absolute Gasteiger partial charge is 0.478 e. The van der Waals surface area contributed by atoms with E-state index in [-0.39, 0.29) is 11.3 Å². The van der Waals surface area contributed by atoms with Crippen LogP contribution in [0.4, 0.5) is 4.39 Å². The molecule has 0 radical (unpaired) electrons. The topological polar surface area (TPSA) is 67.3 Å². The minimum Gasteiger partial charge on any atom is -0.478 e. The predicted octanol–water partition coefficient (Wildman–Crippen LogP) is 3.27. The number of Topliss-reactive ketones (excluding diaryl/α,β-unsaturated/α-hetero) is 1. The molecule has 0 spiro atoms. The number of aromatic nitrogens is 1. The average molecular weight is 291 g/mol. The monoisotopic (exact) mass is 291 g/mol. The van der Waals surface area contributed by atoms with Gasteiger partial charge in [0.05, 0.1) is 5.56 Å². The van der Waals surface area contributed by atoms with Crippen LogP contribution in [-0.2, 0) is 0 Å². The molecule has 1 aromatic carbocycles. The Labute approximate surface area is 118 Å². The number of hydrogen-bond donors (Lipinski definition) is 1. The van der Waals surface area contributed by atoms with Gasteiger partial charge in [0, 0.05) is 22.9 Å². The maximum Gasteiger partial charge on any atom is 0.338 e. The Hall–Kier alpha value is -2.21. The number of halogens is 1. The number of rotatable bonds is 4. The zero-order valence-corrected chi connectivity index (χ0v) is 11.3. The van der Waals surface area contributed by atoms with Crippen LogP contribution in [0.3, 0.4) is 0 Å². The van der Waals surface area contributed by atoms with E-state index in [9.17, 15) is 14.0 Å². The molecule has 0 saturated carbocycles. The van der Waals surface area contributed by atoms with Gasteiger partial charge >= 0.3 is 5.97 Å². The summed E-state index contributed by atoms with van der Waals surface area (Å²) < 4.78 is 13.3. The van der Waals surface area contributed by atoms with Crippen molar-refractivity contribution in [3.8, 4) is 0 Å². The van der Waals surface area contributed by atoms with Crippen LogP contribution in [-0.4, -0.2) is 21.8 Å². The molecule has 1 heterocycles. The number of benzene rings is 1. The van der Waals surface area contributed by atoms with Gasteiger partial charge in [-0.1, -0.05) is 11.8 Å². The highest BCUT2D eigenvalue weighted by atomic mass is 32.2. The third-order valence-electron chi connectivity index (χ3n) is 2.50. The fourth-order valence-electron chi connectivity index (χ4n) is 1.52. The highest BCUT2D eigenvalue weighted by Crippen LogP contribution is 2.28. The van der Waals surface area contributed by atoms with Gasteiger partial charge in [-0.3, -0.25) is 9.78 Å². The first-order chi connectivity index (χ1) is 9.47. The first-order valence-electron chi connectivity index (χ1n) is 5.65. The van der Waals surface area contributed by atoms with E-state index in [1.165, 1.54) is 37.0 Å². The van der Waals surface area contributed by atoms with Gasteiger partial charge in [0.1, 0.15) is 11.5 Å². The maximum absolute atomic E-state index is 13.3. The lowest BCUT2D eigenvalue weighted by molar-refractivity contribution is 0.0691. The summed E-state index contributed by atoms with van der Waals surface area (Å²) in [4.78, 5) is 27.3. The van der Waals surface area contributed by atoms with Crippen molar-refractivity contribution in [2.24, 2.45) is 0 Å². The summed E-state index contributed by atoms with van der Waals surface area (Å²) in [6.07, 6.45) is 1.52. The number of carbonyl (C=O) groups is 2. The molecule has 2 aromatic rings. The van der Waals surface area contributed by atoms with Gasteiger partial charge in [-0.25, -0.2) is 9.18 Å². The lowest BCUT2D eigenvalue weighted by Gasteiger charge is -2.04. The number of hydrogen-bond acceptors (Lipinski definition) is 4. The fraction of sp³-hybridized carbons (Fsp3) is 0.0714. The molecule has 1 N–H and O–H groups in total. The van der Waals surface area contributed by atoms with Gasteiger partial charge in [-0.2, -0.15) is 0 Å². The summed E-state index contributed by atoms with van der Waals surface area (Å²) in [6.45, 7) is 1.42. The molecule has 4 nitrogen and oxygen atoms in total. The van der Waals surface area contributed by atoms with Crippen molar-refractivity contribution < 1.29 is 19.1 Å². The van der Waals surface area contributed by atoms with Gasteiger partial charge < -0.3 is 5.11 Å². The van der Waals surface area contributed by atoms with Gasteiger partial charge in [0.15, 0.2) is 5.78 Å². The normalized spacial score (nSPS) is 10.3. The smallest absolute Gasteiger partial charge is 0.338 e. The highest BCUT2D eigenvalue weighted by molar-refractivity contribution is 7.99. The first-order valence-corrected chi connectivity index (χ1v) is 6.46. The van der Waals surface area contributed by atoms with E-state index >= 15 is 0 Å². The molecule has 102 valence electrons. The van der Waals surface area contributed by atoms with E-state index in [1.54, 1.807) is 12.1 Å². The Balaban J connectivity index is 2.23. The molecular formula is C14H10FNO3S. The minimum absolute atomic E-state index is 0.128. The third-order valence-corrected chi connectivity index (χ3v) is 3.47. The number of carboxylic acid groups (broad SMARTS) is 1. The van der Waals surface area contributed by atoms with E-state index in [2.05, 4.69) is 4.98 Å². The van der Waals surface area contributed by atoms with Crippen LogP contribution in [0.15, 0.2) is 46.3 Å². The van der Waals surface area contributed by atoms with Crippen molar-refractivity contribution in [3.63, 3.8) is 0 Å². The molecule has 0 saturated heterocycles. The highest BCUT2D eigenvalue weighted by Gasteiger charge is 2.11. The molecular weight excluding hydrogens is 281 g/mol. The lowest BCUT2D eigenvalue weighted by atomic mass is 10.2. The van der Waals surface area contributed by atoms with Crippen molar-refractivity contribution in [1.82, 2.24) is 4.98 Å². The predicted molar refractivity (Wildman–Crippen MR) is 71.7 cm³/mol. The van der Waals surface area contributed by atoms with E-state index < -0.39 is 11.8 Å². The van der Waals surface area contributed by atoms with Crippen molar-refractivity contribution >= 4 is 23.5 Å². The van der Waals surface area contributed by atoms with Gasteiger partial charge in [0.25, 0.3) is 0 Å². The summed E-state index contributed by atoms with van der Waals surface area (Å²) in [7, 11) is 0. The van der Waals surface area contributed by atoms with Crippen LogP contribution < -0.4 is 0 Å². The Morgan fingerprint density at radius 2 is 1.90 bits per heavy atom. The number of aromatic carboxylic acids is 1. The molecule has 2 rings (SSSR count). The van der Waals surface area contributed by atoms with Crippen molar-refractivity contribution in [2.75, 3.05) is 0 Å². The molecule has 0 atom stereocenters. The van der Waals surface area contributed by atoms with Gasteiger partial charge in [-0.05, 0) is 30.3 Å². The number of nitrogens with zero attached hydrogens (tertiary/aromatic N) is 1. The van der Waals surface area contributed by atoms with Crippen LogP contribution >= 0.6 is 11.8 Å². The Kier molecular flexibility index (Phi) is 4.14. The molecule has 1 aromatic heterocycles. The quantitative estimate of drug-likeness (QED) is 0.876. The van der Waals surface area contributed by atoms with Crippen LogP contribution in [0.25, 0.3) is 0 Å². The van der Waals surface area contributed by atoms with Crippen molar-refractivity contribution in [1.29, 1.82) is 0 Å². The summed E-state index contributed by atoms with van der Waals surface area (Å²) in [5.41, 5.74) is -0.0111. The second-order valence-electron chi connectivity index (χ2n) is 3.98. The number of carbonyl (C=O) groups excluding carboxylic acids is 1. The second-order valence-corrected chi connectivity index (χ2v) is 5.13. The molecule has 0 aliphatic carbocycles. The third kappa shape index (κ3) is 3.21. The van der Waals surface area contributed by atoms with Crippen molar-refractivity contribution in [2.45, 2.75) is 16.7 Å². The Morgan fingerprint density at radius 1 is 1.20 bits per heavy atom. The van der Waals surface area contributed by atoms with Crippen LogP contribution in [0.1, 0.15) is 27.8 Å². The summed E-state index contributed by atoms with van der Waals surface area (Å²) in [5.74, 6) is -2.21. The zero-order chi connectivity index (χ0) is 14.7. The molecule has 20 heavy (non-hydrogen) atoms. The van der Waals surface area contributed by atoms with Crippen LogP contribution in [0.5, 0.6) is 0 Å². The Morgan fingerprint density at radius 3 is 2.45 bits per heavy atom. The summed E-state index contributed by atoms with van der Waals surface area (Å²) in [5, 5.41) is 8.85. The summed E-state index contributed by atoms with van der Waals surface area (Å²) >= 11 is 1.24. The standard InChI is InChI=1S/C14H10FNO3S/c1-8(17)13-5-3-10(7-16-13)20-9-2-4-12(15)11(6-9)14(18)19/h2-7H,1H3,(H,18,19). The molecule has 0 bridgehead atoms. The first kappa shape index (κ1) is 14.2. The number of carboxylic acids is 1. The molecule has 6 heteroatoms. The lowest BCUT2D eigenvalue weighted by Crippen LogP contribution is -2.00. The molecule has 0 aliphatic heterocycles. The van der Waals surface area contributed by atoms with E-state index in [4.69, 9.17) is 5.11 Å². The number of ketones is 1. The molecule has 0 fully saturated rings. The Bertz CT molecular complexity index is 671. The maximum atomic E-state index is 13.3. The summed E-state index contributed by atoms with van der Waals surface area (Å²) in [6, 6.07) is 7.17. The van der Waals surface area contributed by atoms with E-state index in [0.29, 0.717) is 10.6 Å². The molecule has 0 amide bonds.